The Morgan fingerprint density at radius 1 is 0.532 bits per heavy atom. The molecule has 8 rings (SSSR count). The zero-order valence-electron chi connectivity index (χ0n) is 27.5. The Kier molecular flexibility index (Phi) is 7.78. The van der Waals surface area contributed by atoms with Gasteiger partial charge in [-0.25, -0.2) is 0 Å². The van der Waals surface area contributed by atoms with E-state index in [1.807, 2.05) is 13.8 Å². The predicted molar refractivity (Wildman–Crippen MR) is 193 cm³/mol. The molecule has 47 heavy (non-hydrogen) atoms. The molecule has 6 aromatic carbocycles. The Morgan fingerprint density at radius 3 is 1.36 bits per heavy atom. The van der Waals surface area contributed by atoms with Crippen molar-refractivity contribution in [1.82, 2.24) is 10.6 Å². The first-order valence-electron chi connectivity index (χ1n) is 17.1. The van der Waals surface area contributed by atoms with Crippen molar-refractivity contribution in [2.24, 2.45) is 0 Å². The largest absolute Gasteiger partial charge is 0.394 e. The molecule has 0 aromatic heterocycles. The van der Waals surface area contributed by atoms with Gasteiger partial charge < -0.3 is 25.6 Å². The second-order valence-electron chi connectivity index (χ2n) is 14.3. The molecule has 2 aliphatic rings. The van der Waals surface area contributed by atoms with Crippen molar-refractivity contribution in [3.05, 3.63) is 118 Å². The van der Waals surface area contributed by atoms with Crippen LogP contribution in [0.2, 0.25) is 0 Å². The third-order valence-electron chi connectivity index (χ3n) is 10.9. The van der Waals surface area contributed by atoms with E-state index in [0.29, 0.717) is 26.3 Å². The number of hydrogen-bond acceptors (Lipinski definition) is 5. The number of aliphatic hydroxyl groups excluding tert-OH is 2. The Balaban J connectivity index is 0.985. The minimum atomic E-state index is -0.645. The van der Waals surface area contributed by atoms with Crippen molar-refractivity contribution in [3.8, 4) is 0 Å². The van der Waals surface area contributed by atoms with Gasteiger partial charge in [0, 0.05) is 13.1 Å². The lowest BCUT2D eigenvalue weighted by atomic mass is 9.91. The summed E-state index contributed by atoms with van der Waals surface area (Å²) in [5.41, 5.74) is 7.06. The zero-order valence-corrected chi connectivity index (χ0v) is 27.5. The molecule has 2 unspecified atom stereocenters. The maximum Gasteiger partial charge on any atom is 0.0669 e. The maximum absolute atomic E-state index is 10.6. The molecule has 0 heterocycles. The smallest absolute Gasteiger partial charge is 0.0669 e. The number of fused-ring (bicyclic) bond motifs is 4. The number of aliphatic hydroxyl groups is 2. The normalized spacial score (nSPS) is 16.4. The topological polar surface area (TPSA) is 73.8 Å². The van der Waals surface area contributed by atoms with Gasteiger partial charge in [0.15, 0.2) is 0 Å². The van der Waals surface area contributed by atoms with E-state index in [1.54, 1.807) is 0 Å². The van der Waals surface area contributed by atoms with Crippen LogP contribution in [0, 0.1) is 0 Å². The van der Waals surface area contributed by atoms with Crippen molar-refractivity contribution in [2.45, 2.75) is 63.7 Å². The average molecular weight is 625 g/mol. The summed E-state index contributed by atoms with van der Waals surface area (Å²) in [6.45, 7) is 5.86. The summed E-state index contributed by atoms with van der Waals surface area (Å²) in [6, 6.07) is 30.8. The van der Waals surface area contributed by atoms with Crippen LogP contribution in [0.4, 0.5) is 0 Å². The molecular formula is C42H44N2O3. The van der Waals surface area contributed by atoms with E-state index in [-0.39, 0.29) is 13.2 Å². The highest BCUT2D eigenvalue weighted by atomic mass is 16.5. The van der Waals surface area contributed by atoms with Gasteiger partial charge in [-0.3, -0.25) is 0 Å². The molecule has 0 saturated carbocycles. The molecular weight excluding hydrogens is 580 g/mol. The molecule has 5 nitrogen and oxygen atoms in total. The summed E-state index contributed by atoms with van der Waals surface area (Å²) in [5.74, 6) is 0. The number of rotatable bonds is 12. The standard InChI is InChI=1S/C42H44N2O3/c1-41(23-45,43-21-37-31-13-5-3-11-29(31)33-15-7-9-27-17-19-35(37)39(27)33)25-47-26-42(2,24-46)44-22-38-32-14-6-4-12-30(32)34-16-8-10-28-18-20-36(38)40(28)34/h3-16,43-46H,17-26H2,1-2H3. The molecule has 2 aliphatic carbocycles. The highest BCUT2D eigenvalue weighted by Crippen LogP contribution is 2.41. The maximum atomic E-state index is 10.6. The first-order chi connectivity index (χ1) is 22.9. The minimum absolute atomic E-state index is 0.0584. The van der Waals surface area contributed by atoms with Crippen LogP contribution in [0.15, 0.2) is 84.9 Å². The van der Waals surface area contributed by atoms with Gasteiger partial charge >= 0.3 is 0 Å². The average Bonchev–Trinajstić information content (AvgIpc) is 3.75. The first-order valence-corrected chi connectivity index (χ1v) is 17.1. The predicted octanol–water partition coefficient (Wildman–Crippen LogP) is 6.89. The minimum Gasteiger partial charge on any atom is -0.394 e. The molecule has 6 aromatic rings. The lowest BCUT2D eigenvalue weighted by Gasteiger charge is -2.33. The molecule has 0 radical (unpaired) electrons. The molecule has 0 spiro atoms. The molecule has 0 saturated heterocycles. The summed E-state index contributed by atoms with van der Waals surface area (Å²) in [5, 5.41) is 39.1. The van der Waals surface area contributed by atoms with Crippen LogP contribution in [-0.2, 0) is 43.5 Å². The second kappa shape index (κ2) is 12.0. The van der Waals surface area contributed by atoms with E-state index in [1.165, 1.54) is 76.5 Å². The fraction of sp³-hybridized carbons (Fsp3) is 0.333. The van der Waals surface area contributed by atoms with Crippen LogP contribution in [0.3, 0.4) is 0 Å². The van der Waals surface area contributed by atoms with Crippen molar-refractivity contribution < 1.29 is 14.9 Å². The first kappa shape index (κ1) is 30.5. The zero-order chi connectivity index (χ0) is 32.2. The lowest BCUT2D eigenvalue weighted by Crippen LogP contribution is -2.53. The number of nitrogens with one attached hydrogen (secondary N) is 2. The van der Waals surface area contributed by atoms with Crippen LogP contribution in [0.1, 0.15) is 47.2 Å². The van der Waals surface area contributed by atoms with Gasteiger partial charge in [-0.1, -0.05) is 84.9 Å². The molecule has 4 N–H and O–H groups in total. The highest BCUT2D eigenvalue weighted by Gasteiger charge is 2.30. The summed E-state index contributed by atoms with van der Waals surface area (Å²) < 4.78 is 6.33. The fourth-order valence-corrected chi connectivity index (χ4v) is 8.25. The Labute approximate surface area is 276 Å². The van der Waals surface area contributed by atoms with E-state index < -0.39 is 11.1 Å². The third kappa shape index (κ3) is 5.22. The summed E-state index contributed by atoms with van der Waals surface area (Å²) in [6.07, 6.45) is 4.22. The number of ether oxygens (including phenoxy) is 1. The Morgan fingerprint density at radius 2 is 0.936 bits per heavy atom. The van der Waals surface area contributed by atoms with Gasteiger partial charge in [-0.05, 0) is 116 Å². The monoisotopic (exact) mass is 624 g/mol. The number of aryl methyl sites for hydroxylation is 4. The van der Waals surface area contributed by atoms with Gasteiger partial charge in [0.05, 0.1) is 37.5 Å². The van der Waals surface area contributed by atoms with E-state index >= 15 is 0 Å². The molecule has 0 fully saturated rings. The van der Waals surface area contributed by atoms with E-state index in [2.05, 4.69) is 95.6 Å². The quantitative estimate of drug-likeness (QED) is 0.112. The van der Waals surface area contributed by atoms with Gasteiger partial charge in [-0.2, -0.15) is 0 Å². The van der Waals surface area contributed by atoms with Crippen LogP contribution >= 0.6 is 0 Å². The third-order valence-corrected chi connectivity index (χ3v) is 10.9. The van der Waals surface area contributed by atoms with Crippen molar-refractivity contribution >= 4 is 43.1 Å². The second-order valence-corrected chi connectivity index (χ2v) is 14.3. The van der Waals surface area contributed by atoms with Crippen LogP contribution in [-0.4, -0.2) is 47.7 Å². The van der Waals surface area contributed by atoms with Gasteiger partial charge in [0.25, 0.3) is 0 Å². The van der Waals surface area contributed by atoms with E-state index in [9.17, 15) is 10.2 Å². The Bertz CT molecular complexity index is 2000. The Hall–Kier alpha value is -3.84. The van der Waals surface area contributed by atoms with Gasteiger partial charge in [0.1, 0.15) is 0 Å². The fourth-order valence-electron chi connectivity index (χ4n) is 8.25. The molecule has 240 valence electrons. The molecule has 5 heteroatoms. The number of benzene rings is 6. The lowest BCUT2D eigenvalue weighted by molar-refractivity contribution is 0.000632. The van der Waals surface area contributed by atoms with E-state index in [4.69, 9.17) is 4.74 Å². The van der Waals surface area contributed by atoms with Crippen molar-refractivity contribution in [2.75, 3.05) is 26.4 Å². The summed E-state index contributed by atoms with van der Waals surface area (Å²) in [7, 11) is 0. The highest BCUT2D eigenvalue weighted by molar-refractivity contribution is 6.13. The van der Waals surface area contributed by atoms with Gasteiger partial charge in [-0.15, -0.1) is 0 Å². The van der Waals surface area contributed by atoms with Crippen LogP contribution in [0.5, 0.6) is 0 Å². The van der Waals surface area contributed by atoms with Crippen molar-refractivity contribution in [1.29, 1.82) is 0 Å². The van der Waals surface area contributed by atoms with Crippen LogP contribution in [0.25, 0.3) is 43.1 Å². The summed E-state index contributed by atoms with van der Waals surface area (Å²) >= 11 is 0. The molecule has 2 atom stereocenters. The SMILES string of the molecule is CC(CO)(COCC(C)(CO)NCc1c2c3c(cccc3c3ccccc13)CC2)NCc1c2c3c(cccc3c3ccccc13)CC2. The summed E-state index contributed by atoms with van der Waals surface area (Å²) in [4.78, 5) is 0. The van der Waals surface area contributed by atoms with Crippen LogP contribution < -0.4 is 10.6 Å². The molecule has 0 aliphatic heterocycles. The van der Waals surface area contributed by atoms with E-state index in [0.717, 1.165) is 25.7 Å². The molecule has 0 bridgehead atoms. The van der Waals surface area contributed by atoms with Crippen molar-refractivity contribution in [3.63, 3.8) is 0 Å². The van der Waals surface area contributed by atoms with Gasteiger partial charge in [0.2, 0.25) is 0 Å². The molecule has 0 amide bonds. The number of hydrogen-bond donors (Lipinski definition) is 4.